The van der Waals surface area contributed by atoms with Crippen molar-refractivity contribution in [3.05, 3.63) is 66.2 Å². The van der Waals surface area contributed by atoms with E-state index in [1.54, 1.807) is 48.5 Å². The van der Waals surface area contributed by atoms with Crippen LogP contribution in [0.3, 0.4) is 0 Å². The third-order valence-electron chi connectivity index (χ3n) is 5.19. The summed E-state index contributed by atoms with van der Waals surface area (Å²) in [6.45, 7) is 1.98. The molecule has 0 N–H and O–H groups in total. The molecule has 1 heterocycles. The Morgan fingerprint density at radius 3 is 2.22 bits per heavy atom. The highest BCUT2D eigenvalue weighted by atomic mass is 16.5. The van der Waals surface area contributed by atoms with Gasteiger partial charge in [0.25, 0.3) is 0 Å². The van der Waals surface area contributed by atoms with Gasteiger partial charge >= 0.3 is 0 Å². The van der Waals surface area contributed by atoms with Crippen LogP contribution in [-0.4, -0.2) is 11.8 Å². The number of nitrogens with zero attached hydrogens (tertiary/aromatic N) is 2. The second kappa shape index (κ2) is 6.73. The van der Waals surface area contributed by atoms with Crippen LogP contribution < -0.4 is 9.64 Å². The van der Waals surface area contributed by atoms with Gasteiger partial charge in [-0.15, -0.1) is 0 Å². The Labute approximate surface area is 157 Å². The standard InChI is InChI=1S/C22H18N2O3/c1-14-3-2-4-19-20(14)22(26)24(21(19)25)16-7-11-18(12-8-16)27-17-9-5-15(13-23)6-10-17/h2-3,5-12,14,19-20H,4H2,1H3/t14-,19-,20+/m0/s1. The molecule has 2 amide bonds. The van der Waals surface area contributed by atoms with Crippen LogP contribution in [0.25, 0.3) is 0 Å². The van der Waals surface area contributed by atoms with E-state index in [4.69, 9.17) is 10.00 Å². The van der Waals surface area contributed by atoms with E-state index >= 15 is 0 Å². The lowest BCUT2D eigenvalue weighted by molar-refractivity contribution is -0.122. The van der Waals surface area contributed by atoms with Crippen LogP contribution in [0.1, 0.15) is 18.9 Å². The fourth-order valence-electron chi connectivity index (χ4n) is 3.80. The van der Waals surface area contributed by atoms with Crippen molar-refractivity contribution < 1.29 is 14.3 Å². The second-order valence-corrected chi connectivity index (χ2v) is 6.90. The summed E-state index contributed by atoms with van der Waals surface area (Å²) in [6.07, 6.45) is 4.63. The van der Waals surface area contributed by atoms with Gasteiger partial charge in [0.1, 0.15) is 11.5 Å². The highest BCUT2D eigenvalue weighted by Gasteiger charge is 2.50. The van der Waals surface area contributed by atoms with Crippen LogP contribution in [0.5, 0.6) is 11.5 Å². The summed E-state index contributed by atoms with van der Waals surface area (Å²) in [6, 6.07) is 15.8. The van der Waals surface area contributed by atoms with Gasteiger partial charge < -0.3 is 4.74 Å². The molecule has 2 aromatic carbocycles. The Hall–Kier alpha value is -3.39. The Morgan fingerprint density at radius 1 is 1.00 bits per heavy atom. The van der Waals surface area contributed by atoms with Crippen molar-refractivity contribution in [1.29, 1.82) is 5.26 Å². The fourth-order valence-corrected chi connectivity index (χ4v) is 3.80. The summed E-state index contributed by atoms with van der Waals surface area (Å²) in [5, 5.41) is 8.83. The summed E-state index contributed by atoms with van der Waals surface area (Å²) < 4.78 is 5.75. The van der Waals surface area contributed by atoms with E-state index in [1.807, 2.05) is 19.1 Å². The first kappa shape index (κ1) is 17.0. The lowest BCUT2D eigenvalue weighted by Crippen LogP contribution is -2.31. The lowest BCUT2D eigenvalue weighted by atomic mass is 9.78. The van der Waals surface area contributed by atoms with Gasteiger partial charge in [0.2, 0.25) is 11.8 Å². The van der Waals surface area contributed by atoms with Crippen molar-refractivity contribution >= 4 is 17.5 Å². The molecule has 3 atom stereocenters. The maximum atomic E-state index is 12.8. The zero-order valence-corrected chi connectivity index (χ0v) is 14.8. The third-order valence-corrected chi connectivity index (χ3v) is 5.19. The lowest BCUT2D eigenvalue weighted by Gasteiger charge is -2.22. The zero-order chi connectivity index (χ0) is 19.0. The van der Waals surface area contributed by atoms with Crippen molar-refractivity contribution in [2.75, 3.05) is 4.90 Å². The van der Waals surface area contributed by atoms with E-state index in [0.29, 0.717) is 29.2 Å². The summed E-state index contributed by atoms with van der Waals surface area (Å²) in [7, 11) is 0. The summed E-state index contributed by atoms with van der Waals surface area (Å²) in [5.41, 5.74) is 1.13. The second-order valence-electron chi connectivity index (χ2n) is 6.90. The Balaban J connectivity index is 1.53. The Kier molecular flexibility index (Phi) is 4.25. The van der Waals surface area contributed by atoms with Crippen LogP contribution in [0.2, 0.25) is 0 Å². The normalized spacial score (nSPS) is 23.9. The monoisotopic (exact) mass is 358 g/mol. The van der Waals surface area contributed by atoms with E-state index in [9.17, 15) is 9.59 Å². The Bertz CT molecular complexity index is 955. The average molecular weight is 358 g/mol. The van der Waals surface area contributed by atoms with Crippen molar-refractivity contribution in [2.45, 2.75) is 13.3 Å². The molecule has 0 saturated carbocycles. The maximum absolute atomic E-state index is 12.8. The molecule has 0 spiro atoms. The molecule has 0 radical (unpaired) electrons. The highest BCUT2D eigenvalue weighted by molar-refractivity contribution is 6.22. The molecule has 2 aromatic rings. The molecule has 0 unspecified atom stereocenters. The number of nitriles is 1. The average Bonchev–Trinajstić information content (AvgIpc) is 2.95. The number of allylic oxidation sites excluding steroid dienone is 2. The zero-order valence-electron chi connectivity index (χ0n) is 14.8. The molecule has 1 aliphatic carbocycles. The first-order chi connectivity index (χ1) is 13.1. The molecular weight excluding hydrogens is 340 g/mol. The smallest absolute Gasteiger partial charge is 0.238 e. The van der Waals surface area contributed by atoms with Gasteiger partial charge in [0.15, 0.2) is 0 Å². The number of amides is 2. The number of carbonyl (C=O) groups is 2. The molecule has 0 bridgehead atoms. The molecule has 0 aromatic heterocycles. The molecule has 134 valence electrons. The van der Waals surface area contributed by atoms with E-state index in [2.05, 4.69) is 6.07 Å². The molecular formula is C22H18N2O3. The molecule has 5 heteroatoms. The largest absolute Gasteiger partial charge is 0.457 e. The number of rotatable bonds is 3. The number of hydrogen-bond donors (Lipinski definition) is 0. The number of benzene rings is 2. The van der Waals surface area contributed by atoms with Gasteiger partial charge in [-0.1, -0.05) is 19.1 Å². The minimum Gasteiger partial charge on any atom is -0.457 e. The Morgan fingerprint density at radius 2 is 1.63 bits per heavy atom. The highest BCUT2D eigenvalue weighted by Crippen LogP contribution is 2.40. The van der Waals surface area contributed by atoms with Crippen molar-refractivity contribution in [3.63, 3.8) is 0 Å². The van der Waals surface area contributed by atoms with Gasteiger partial charge in [-0.05, 0) is 60.9 Å². The molecule has 5 nitrogen and oxygen atoms in total. The summed E-state index contributed by atoms with van der Waals surface area (Å²) in [4.78, 5) is 26.9. The van der Waals surface area contributed by atoms with Crippen molar-refractivity contribution in [1.82, 2.24) is 0 Å². The van der Waals surface area contributed by atoms with E-state index in [-0.39, 0.29) is 29.6 Å². The number of ether oxygens (including phenoxy) is 1. The maximum Gasteiger partial charge on any atom is 0.238 e. The first-order valence-electron chi connectivity index (χ1n) is 8.91. The number of hydrogen-bond acceptors (Lipinski definition) is 4. The SMILES string of the molecule is C[C@H]1C=CC[C@@H]2C(=O)N(c3ccc(Oc4ccc(C#N)cc4)cc3)C(=O)[C@@H]21. The first-order valence-corrected chi connectivity index (χ1v) is 8.91. The molecule has 1 aliphatic heterocycles. The van der Waals surface area contributed by atoms with Gasteiger partial charge in [-0.3, -0.25) is 14.5 Å². The van der Waals surface area contributed by atoms with Crippen LogP contribution in [0.15, 0.2) is 60.7 Å². The van der Waals surface area contributed by atoms with E-state index in [1.165, 1.54) is 4.90 Å². The van der Waals surface area contributed by atoms with Crippen LogP contribution >= 0.6 is 0 Å². The van der Waals surface area contributed by atoms with E-state index < -0.39 is 0 Å². The molecule has 1 saturated heterocycles. The predicted octanol–water partition coefficient (Wildman–Crippen LogP) is 4.05. The summed E-state index contributed by atoms with van der Waals surface area (Å²) in [5.74, 6) is 0.508. The number of imide groups is 1. The number of fused-ring (bicyclic) bond motifs is 1. The van der Waals surface area contributed by atoms with Crippen LogP contribution in [0.4, 0.5) is 5.69 Å². The van der Waals surface area contributed by atoms with Gasteiger partial charge in [0, 0.05) is 0 Å². The molecule has 27 heavy (non-hydrogen) atoms. The number of carbonyl (C=O) groups excluding carboxylic acids is 2. The quantitative estimate of drug-likeness (QED) is 0.613. The van der Waals surface area contributed by atoms with Gasteiger partial charge in [-0.2, -0.15) is 5.26 Å². The van der Waals surface area contributed by atoms with Crippen LogP contribution in [0, 0.1) is 29.1 Å². The molecule has 4 rings (SSSR count). The minimum atomic E-state index is -0.267. The predicted molar refractivity (Wildman–Crippen MR) is 100 cm³/mol. The topological polar surface area (TPSA) is 70.4 Å². The fraction of sp³-hybridized carbons (Fsp3) is 0.227. The van der Waals surface area contributed by atoms with Gasteiger partial charge in [-0.25, -0.2) is 0 Å². The summed E-state index contributed by atoms with van der Waals surface area (Å²) >= 11 is 0. The van der Waals surface area contributed by atoms with Gasteiger partial charge in [0.05, 0.1) is 29.2 Å². The number of anilines is 1. The van der Waals surface area contributed by atoms with E-state index in [0.717, 1.165) is 0 Å². The minimum absolute atomic E-state index is 0.0733. The third kappa shape index (κ3) is 3.00. The van der Waals surface area contributed by atoms with Crippen molar-refractivity contribution in [3.8, 4) is 17.6 Å². The van der Waals surface area contributed by atoms with Crippen LogP contribution in [-0.2, 0) is 9.59 Å². The van der Waals surface area contributed by atoms with Crippen molar-refractivity contribution in [2.24, 2.45) is 17.8 Å². The molecule has 2 aliphatic rings. The molecule has 1 fully saturated rings.